The van der Waals surface area contributed by atoms with Crippen molar-refractivity contribution < 1.29 is 4.79 Å². The normalized spacial score (nSPS) is 14.3. The van der Waals surface area contributed by atoms with Gasteiger partial charge in [-0.05, 0) is 19.3 Å². The molecule has 0 aliphatic carbocycles. The zero-order chi connectivity index (χ0) is 18.1. The van der Waals surface area contributed by atoms with Crippen LogP contribution < -0.4 is 5.73 Å². The number of hydrogen-bond acceptors (Lipinski definition) is 7. The van der Waals surface area contributed by atoms with E-state index in [1.165, 1.54) is 23.7 Å². The summed E-state index contributed by atoms with van der Waals surface area (Å²) in [7, 11) is 0. The third kappa shape index (κ3) is 2.84. The number of nitrogens with two attached hydrogens (primary N) is 1. The Labute approximate surface area is 153 Å². The number of carbonyl (C=O) groups is 1. The van der Waals surface area contributed by atoms with Gasteiger partial charge in [0.15, 0.2) is 0 Å². The van der Waals surface area contributed by atoms with Crippen LogP contribution in [-0.2, 0) is 0 Å². The first kappa shape index (κ1) is 16.4. The molecule has 3 aromatic heterocycles. The summed E-state index contributed by atoms with van der Waals surface area (Å²) in [4.78, 5) is 35.7. The molecule has 0 radical (unpaired) electrons. The Bertz CT molecular complexity index is 1020. The predicted octanol–water partition coefficient (Wildman–Crippen LogP) is 2.91. The van der Waals surface area contributed by atoms with Crippen LogP contribution in [0.3, 0.4) is 0 Å². The molecular formula is C17H15N7OS. The number of nitrogen functional groups attached to an aromatic ring is 1. The van der Waals surface area contributed by atoms with Crippen molar-refractivity contribution in [1.29, 1.82) is 0 Å². The smallest absolute Gasteiger partial charge is 0.371 e. The lowest BCUT2D eigenvalue weighted by Crippen LogP contribution is -2.35. The fourth-order valence-corrected chi connectivity index (χ4v) is 3.96. The van der Waals surface area contributed by atoms with Gasteiger partial charge >= 0.3 is 5.95 Å². The molecule has 4 rings (SSSR count). The lowest BCUT2D eigenvalue weighted by Gasteiger charge is -2.26. The standard InChI is InChI=1S/C17H15N7OS/c1-19-17-21-7-10(8-22-17)11-9-20-13-12(18)14(26-15(13)23-11)16(25)24-5-3-2-4-6-24/h7-9H,2-6,18H2. The van der Waals surface area contributed by atoms with Gasteiger partial charge in [0.25, 0.3) is 5.91 Å². The summed E-state index contributed by atoms with van der Waals surface area (Å²) in [5, 5.41) is 0. The maximum atomic E-state index is 12.8. The molecule has 1 amide bonds. The van der Waals surface area contributed by atoms with Gasteiger partial charge in [-0.25, -0.2) is 9.97 Å². The first-order chi connectivity index (χ1) is 12.7. The van der Waals surface area contributed by atoms with Crippen LogP contribution in [0.4, 0.5) is 11.6 Å². The van der Waals surface area contributed by atoms with E-state index in [4.69, 9.17) is 12.3 Å². The van der Waals surface area contributed by atoms with Crippen molar-refractivity contribution >= 4 is 39.2 Å². The summed E-state index contributed by atoms with van der Waals surface area (Å²) in [6, 6.07) is 0. The van der Waals surface area contributed by atoms with Gasteiger partial charge < -0.3 is 15.5 Å². The van der Waals surface area contributed by atoms with Crippen LogP contribution in [0.1, 0.15) is 28.9 Å². The van der Waals surface area contributed by atoms with E-state index >= 15 is 0 Å². The van der Waals surface area contributed by atoms with Crippen LogP contribution in [0.15, 0.2) is 18.6 Å². The van der Waals surface area contributed by atoms with Crippen molar-refractivity contribution in [2.75, 3.05) is 18.8 Å². The summed E-state index contributed by atoms with van der Waals surface area (Å²) in [5.74, 6) is 0.0378. The lowest BCUT2D eigenvalue weighted by atomic mass is 10.1. The minimum atomic E-state index is -0.0432. The summed E-state index contributed by atoms with van der Waals surface area (Å²) in [5.41, 5.74) is 8.33. The topological polar surface area (TPSA) is 102 Å². The molecule has 8 nitrogen and oxygen atoms in total. The van der Waals surface area contributed by atoms with Crippen LogP contribution in [0.25, 0.3) is 26.4 Å². The van der Waals surface area contributed by atoms with Crippen molar-refractivity contribution in [3.8, 4) is 11.3 Å². The number of nitrogens with zero attached hydrogens (tertiary/aromatic N) is 6. The zero-order valence-corrected chi connectivity index (χ0v) is 14.7. The number of rotatable bonds is 2. The molecule has 1 saturated heterocycles. The van der Waals surface area contributed by atoms with Crippen molar-refractivity contribution in [3.63, 3.8) is 0 Å². The second kappa shape index (κ2) is 6.65. The van der Waals surface area contributed by atoms with Gasteiger partial charge in [-0.2, -0.15) is 9.97 Å². The number of piperidine rings is 1. The second-order valence-corrected chi connectivity index (χ2v) is 6.99. The Hall–Kier alpha value is -3.12. The molecule has 9 heteroatoms. The average Bonchev–Trinajstić information content (AvgIpc) is 3.04. The van der Waals surface area contributed by atoms with Gasteiger partial charge in [-0.15, -0.1) is 17.9 Å². The van der Waals surface area contributed by atoms with Gasteiger partial charge in [0.05, 0.1) is 35.5 Å². The fraction of sp³-hybridized carbons (Fsp3) is 0.294. The van der Waals surface area contributed by atoms with E-state index in [0.29, 0.717) is 32.2 Å². The molecule has 1 aliphatic heterocycles. The van der Waals surface area contributed by atoms with Crippen LogP contribution in [0.5, 0.6) is 0 Å². The number of carbonyl (C=O) groups excluding carboxylic acids is 1. The SMILES string of the molecule is [C-]#[N+]c1ncc(-c2cnc3c(N)c(C(=O)N4CCCCC4)sc3n2)cn1. The highest BCUT2D eigenvalue weighted by Crippen LogP contribution is 2.33. The fourth-order valence-electron chi connectivity index (χ4n) is 2.94. The monoisotopic (exact) mass is 365 g/mol. The maximum absolute atomic E-state index is 12.8. The molecular weight excluding hydrogens is 350 g/mol. The van der Waals surface area contributed by atoms with Crippen molar-refractivity contribution in [2.24, 2.45) is 0 Å². The van der Waals surface area contributed by atoms with Crippen LogP contribution in [-0.4, -0.2) is 43.8 Å². The molecule has 3 aromatic rings. The summed E-state index contributed by atoms with van der Waals surface area (Å²) >= 11 is 1.26. The van der Waals surface area contributed by atoms with Gasteiger partial charge in [-0.3, -0.25) is 4.79 Å². The molecule has 26 heavy (non-hydrogen) atoms. The molecule has 4 heterocycles. The van der Waals surface area contributed by atoms with Crippen LogP contribution >= 0.6 is 11.3 Å². The number of hydrogen-bond donors (Lipinski definition) is 1. The minimum Gasteiger partial charge on any atom is -0.396 e. The van der Waals surface area contributed by atoms with Crippen molar-refractivity contribution in [1.82, 2.24) is 24.8 Å². The summed E-state index contributed by atoms with van der Waals surface area (Å²) < 4.78 is 0. The summed E-state index contributed by atoms with van der Waals surface area (Å²) in [6.45, 7) is 8.44. The molecule has 0 bridgehead atoms. The second-order valence-electron chi connectivity index (χ2n) is 5.99. The Morgan fingerprint density at radius 2 is 1.88 bits per heavy atom. The number of aromatic nitrogens is 4. The molecule has 0 unspecified atom stereocenters. The van der Waals surface area contributed by atoms with E-state index in [9.17, 15) is 4.79 Å². The number of anilines is 1. The van der Waals surface area contributed by atoms with Gasteiger partial charge in [0.2, 0.25) is 0 Å². The Morgan fingerprint density at radius 3 is 2.58 bits per heavy atom. The lowest BCUT2D eigenvalue weighted by molar-refractivity contribution is 0.0730. The summed E-state index contributed by atoms with van der Waals surface area (Å²) in [6.07, 6.45) is 7.86. The van der Waals surface area contributed by atoms with Crippen LogP contribution in [0, 0.1) is 6.57 Å². The molecule has 0 atom stereocenters. The van der Waals surface area contributed by atoms with Gasteiger partial charge in [0, 0.05) is 13.1 Å². The molecule has 2 N–H and O–H groups in total. The number of thiophene rings is 1. The molecule has 1 fully saturated rings. The van der Waals surface area contributed by atoms with E-state index in [2.05, 4.69) is 24.8 Å². The third-order valence-corrected chi connectivity index (χ3v) is 5.39. The highest BCUT2D eigenvalue weighted by Gasteiger charge is 2.24. The van der Waals surface area contributed by atoms with Gasteiger partial charge in [0.1, 0.15) is 15.2 Å². The molecule has 0 spiro atoms. The zero-order valence-electron chi connectivity index (χ0n) is 13.8. The first-order valence-corrected chi connectivity index (χ1v) is 9.03. The number of amides is 1. The molecule has 0 aromatic carbocycles. The Kier molecular flexibility index (Phi) is 4.18. The van der Waals surface area contributed by atoms with Crippen LogP contribution in [0.2, 0.25) is 0 Å². The first-order valence-electron chi connectivity index (χ1n) is 8.21. The van der Waals surface area contributed by atoms with Crippen molar-refractivity contribution in [2.45, 2.75) is 19.3 Å². The average molecular weight is 365 g/mol. The van der Waals surface area contributed by atoms with Crippen molar-refractivity contribution in [3.05, 3.63) is 34.9 Å². The molecule has 0 saturated carbocycles. The largest absolute Gasteiger partial charge is 0.396 e. The maximum Gasteiger partial charge on any atom is 0.371 e. The highest BCUT2D eigenvalue weighted by atomic mass is 32.1. The number of fused-ring (bicyclic) bond motifs is 1. The quantitative estimate of drug-likeness (QED) is 0.701. The number of likely N-dealkylation sites (tertiary alicyclic amines) is 1. The van der Waals surface area contributed by atoms with E-state index in [-0.39, 0.29) is 11.9 Å². The van der Waals surface area contributed by atoms with E-state index in [0.717, 1.165) is 32.4 Å². The van der Waals surface area contributed by atoms with E-state index < -0.39 is 0 Å². The van der Waals surface area contributed by atoms with E-state index in [1.807, 2.05) is 4.90 Å². The van der Waals surface area contributed by atoms with E-state index in [1.54, 1.807) is 6.20 Å². The Balaban J connectivity index is 1.70. The molecule has 130 valence electrons. The predicted molar refractivity (Wildman–Crippen MR) is 98.9 cm³/mol. The van der Waals surface area contributed by atoms with Gasteiger partial charge in [-0.1, -0.05) is 0 Å². The Morgan fingerprint density at radius 1 is 1.15 bits per heavy atom. The molecule has 1 aliphatic rings. The highest BCUT2D eigenvalue weighted by molar-refractivity contribution is 7.21. The third-order valence-electron chi connectivity index (χ3n) is 4.31. The minimum absolute atomic E-state index is 0.0432.